The minimum Gasteiger partial charge on any atom is -0.464 e. The second-order valence-corrected chi connectivity index (χ2v) is 9.16. The third kappa shape index (κ3) is 5.50. The second-order valence-electron chi connectivity index (χ2n) is 8.32. The van der Waals surface area contributed by atoms with Gasteiger partial charge in [0.2, 0.25) is 5.89 Å². The Labute approximate surface area is 223 Å². The van der Waals surface area contributed by atoms with E-state index in [-0.39, 0.29) is 5.69 Å². The molecule has 0 spiro atoms. The van der Waals surface area contributed by atoms with E-state index < -0.39 is 12.0 Å². The summed E-state index contributed by atoms with van der Waals surface area (Å²) in [7, 11) is 1.32. The molecule has 9 heteroatoms. The molecule has 0 aliphatic carbocycles. The van der Waals surface area contributed by atoms with E-state index in [0.29, 0.717) is 28.2 Å². The smallest absolute Gasteiger partial charge is 0.360 e. The van der Waals surface area contributed by atoms with E-state index in [1.54, 1.807) is 18.3 Å². The van der Waals surface area contributed by atoms with Crippen LogP contribution in [0.5, 0.6) is 0 Å². The number of carbonyl (C=O) groups excluding carboxylic acids is 1. The van der Waals surface area contributed by atoms with E-state index in [0.717, 1.165) is 27.7 Å². The van der Waals surface area contributed by atoms with Gasteiger partial charge in [0.15, 0.2) is 16.6 Å². The quantitative estimate of drug-likeness (QED) is 0.163. The molecule has 0 fully saturated rings. The predicted octanol–water partition coefficient (Wildman–Crippen LogP) is 6.53. The van der Waals surface area contributed by atoms with E-state index in [1.807, 2.05) is 66.7 Å². The average Bonchev–Trinajstić information content (AvgIpc) is 3.54. The maximum absolute atomic E-state index is 12.7. The number of rotatable bonds is 7. The Morgan fingerprint density at radius 3 is 2.57 bits per heavy atom. The maximum atomic E-state index is 12.7. The van der Waals surface area contributed by atoms with Crippen molar-refractivity contribution in [1.82, 2.24) is 15.3 Å². The molecule has 0 bridgehead atoms. The average molecular weight is 531 g/mol. The van der Waals surface area contributed by atoms with Gasteiger partial charge in [0.05, 0.1) is 7.11 Å². The number of halogens is 1. The molecule has 3 N–H and O–H groups in total. The molecule has 186 valence electrons. The molecule has 2 heterocycles. The van der Waals surface area contributed by atoms with Gasteiger partial charge in [-0.05, 0) is 48.1 Å². The Kier molecular flexibility index (Phi) is 7.20. The summed E-state index contributed by atoms with van der Waals surface area (Å²) in [5.41, 5.74) is 3.55. The lowest BCUT2D eigenvalue weighted by Crippen LogP contribution is -2.33. The molecule has 0 radical (unpaired) electrons. The Hall–Kier alpha value is -4.14. The van der Waals surface area contributed by atoms with E-state index >= 15 is 0 Å². The Morgan fingerprint density at radius 1 is 1.08 bits per heavy atom. The lowest BCUT2D eigenvalue weighted by Gasteiger charge is -2.18. The number of aromatic nitrogens is 2. The number of anilines is 1. The number of benzene rings is 3. The Morgan fingerprint density at radius 2 is 1.81 bits per heavy atom. The van der Waals surface area contributed by atoms with Gasteiger partial charge in [-0.1, -0.05) is 60.1 Å². The molecule has 0 saturated heterocycles. The fourth-order valence-electron chi connectivity index (χ4n) is 4.07. The molecule has 0 saturated carbocycles. The predicted molar refractivity (Wildman–Crippen MR) is 149 cm³/mol. The standard InChI is InChI=1S/C28H23ClN4O3S/c1-35-27(34)24-25(21-16-30-22-10-6-5-9-20(21)22)36-26(33-24)23(15-17-7-3-2-4-8-17)32-28(37)31-19-13-11-18(29)12-14-19/h2-14,16,23,30H,15H2,1H3,(H2,31,32,37)/t23-/m0/s1. The summed E-state index contributed by atoms with van der Waals surface area (Å²) in [5.74, 6) is 0.0520. The van der Waals surface area contributed by atoms with Crippen LogP contribution < -0.4 is 10.6 Å². The van der Waals surface area contributed by atoms with Crippen molar-refractivity contribution in [3.8, 4) is 11.3 Å². The number of oxazole rings is 1. The number of esters is 1. The minimum absolute atomic E-state index is 0.0960. The van der Waals surface area contributed by atoms with Crippen molar-refractivity contribution in [2.75, 3.05) is 12.4 Å². The number of thiocarbonyl (C=S) groups is 1. The highest BCUT2D eigenvalue weighted by Crippen LogP contribution is 2.34. The number of fused-ring (bicyclic) bond motifs is 1. The summed E-state index contributed by atoms with van der Waals surface area (Å²) in [4.78, 5) is 20.5. The van der Waals surface area contributed by atoms with E-state index in [4.69, 9.17) is 33.0 Å². The highest BCUT2D eigenvalue weighted by atomic mass is 35.5. The number of para-hydroxylation sites is 1. The molecule has 5 aromatic rings. The topological polar surface area (TPSA) is 92.2 Å². The normalized spacial score (nSPS) is 11.7. The Balaban J connectivity index is 1.52. The van der Waals surface area contributed by atoms with Crippen molar-refractivity contribution in [2.45, 2.75) is 12.5 Å². The fraction of sp³-hybridized carbons (Fsp3) is 0.107. The summed E-state index contributed by atoms with van der Waals surface area (Å²) < 4.78 is 11.3. The molecule has 5 rings (SSSR count). The fourth-order valence-corrected chi connectivity index (χ4v) is 4.46. The highest BCUT2D eigenvalue weighted by molar-refractivity contribution is 7.80. The van der Waals surface area contributed by atoms with E-state index in [2.05, 4.69) is 20.6 Å². The molecule has 0 unspecified atom stereocenters. The summed E-state index contributed by atoms with van der Waals surface area (Å²) in [6, 6.07) is 24.4. The SMILES string of the molecule is COC(=O)c1nc([C@H](Cc2ccccc2)NC(=S)Nc2ccc(Cl)cc2)oc1-c1c[nH]c2ccccc12. The van der Waals surface area contributed by atoms with Crippen molar-refractivity contribution in [1.29, 1.82) is 0 Å². The molecule has 1 atom stereocenters. The number of H-pyrrole nitrogens is 1. The minimum atomic E-state index is -0.587. The number of ether oxygens (including phenoxy) is 1. The summed E-state index contributed by atoms with van der Waals surface area (Å²) in [6.07, 6.45) is 2.31. The van der Waals surface area contributed by atoms with Crippen LogP contribution >= 0.6 is 23.8 Å². The number of aromatic amines is 1. The number of carbonyl (C=O) groups is 1. The molecular weight excluding hydrogens is 508 g/mol. The van der Waals surface area contributed by atoms with Crippen LogP contribution in [0.4, 0.5) is 5.69 Å². The van der Waals surface area contributed by atoms with Crippen LogP contribution in [0.3, 0.4) is 0 Å². The monoisotopic (exact) mass is 530 g/mol. The number of hydrogen-bond donors (Lipinski definition) is 3. The van der Waals surface area contributed by atoms with Gasteiger partial charge in [0.25, 0.3) is 0 Å². The third-order valence-electron chi connectivity index (χ3n) is 5.84. The van der Waals surface area contributed by atoms with Gasteiger partial charge in [-0.3, -0.25) is 0 Å². The van der Waals surface area contributed by atoms with Crippen LogP contribution in [-0.2, 0) is 11.2 Å². The van der Waals surface area contributed by atoms with Crippen LogP contribution in [0.2, 0.25) is 5.02 Å². The summed E-state index contributed by atoms with van der Waals surface area (Å²) >= 11 is 11.6. The lowest BCUT2D eigenvalue weighted by molar-refractivity contribution is 0.0595. The third-order valence-corrected chi connectivity index (χ3v) is 6.32. The zero-order chi connectivity index (χ0) is 25.8. The zero-order valence-corrected chi connectivity index (χ0v) is 21.4. The van der Waals surface area contributed by atoms with Crippen LogP contribution in [0.25, 0.3) is 22.2 Å². The Bertz CT molecular complexity index is 1550. The first kappa shape index (κ1) is 24.5. The number of nitrogens with zero attached hydrogens (tertiary/aromatic N) is 1. The van der Waals surface area contributed by atoms with Gasteiger partial charge in [-0.15, -0.1) is 0 Å². The van der Waals surface area contributed by atoms with Crippen molar-refractivity contribution in [3.63, 3.8) is 0 Å². The highest BCUT2D eigenvalue weighted by Gasteiger charge is 2.28. The first-order valence-corrected chi connectivity index (χ1v) is 12.3. The van der Waals surface area contributed by atoms with Crippen molar-refractivity contribution >= 4 is 51.5 Å². The maximum Gasteiger partial charge on any atom is 0.360 e. The number of hydrogen-bond acceptors (Lipinski definition) is 5. The first-order valence-electron chi connectivity index (χ1n) is 11.5. The number of nitrogens with one attached hydrogen (secondary N) is 3. The zero-order valence-electron chi connectivity index (χ0n) is 19.8. The van der Waals surface area contributed by atoms with Gasteiger partial charge in [-0.25, -0.2) is 9.78 Å². The van der Waals surface area contributed by atoms with Crippen LogP contribution in [0.15, 0.2) is 89.5 Å². The van der Waals surface area contributed by atoms with Crippen LogP contribution in [-0.4, -0.2) is 28.2 Å². The molecule has 0 aliphatic heterocycles. The summed E-state index contributed by atoms with van der Waals surface area (Å²) in [6.45, 7) is 0. The largest absolute Gasteiger partial charge is 0.464 e. The van der Waals surface area contributed by atoms with Crippen LogP contribution in [0, 0.1) is 0 Å². The van der Waals surface area contributed by atoms with E-state index in [9.17, 15) is 4.79 Å². The molecule has 37 heavy (non-hydrogen) atoms. The van der Waals surface area contributed by atoms with Gasteiger partial charge in [-0.2, -0.15) is 0 Å². The molecule has 0 aliphatic rings. The summed E-state index contributed by atoms with van der Waals surface area (Å²) in [5, 5.41) is 8.36. The van der Waals surface area contributed by atoms with Crippen LogP contribution in [0.1, 0.15) is 28.0 Å². The van der Waals surface area contributed by atoms with E-state index in [1.165, 1.54) is 7.11 Å². The van der Waals surface area contributed by atoms with Gasteiger partial charge >= 0.3 is 5.97 Å². The van der Waals surface area contributed by atoms with Gasteiger partial charge in [0.1, 0.15) is 6.04 Å². The molecular formula is C28H23ClN4O3S. The van der Waals surface area contributed by atoms with Gasteiger partial charge in [0, 0.05) is 39.8 Å². The number of methoxy groups -OCH3 is 1. The molecule has 7 nitrogen and oxygen atoms in total. The van der Waals surface area contributed by atoms with Gasteiger partial charge < -0.3 is 24.8 Å². The molecule has 2 aromatic heterocycles. The van der Waals surface area contributed by atoms with Crippen molar-refractivity contribution in [2.24, 2.45) is 0 Å². The lowest BCUT2D eigenvalue weighted by atomic mass is 10.1. The second kappa shape index (κ2) is 10.9. The first-order chi connectivity index (χ1) is 18.0. The van der Waals surface area contributed by atoms with Crippen molar-refractivity contribution in [3.05, 3.63) is 107 Å². The molecule has 0 amide bonds. The van der Waals surface area contributed by atoms with Crippen molar-refractivity contribution < 1.29 is 13.9 Å². The molecule has 3 aromatic carbocycles.